The number of imidazole rings is 1. The minimum atomic E-state index is -0.175. The monoisotopic (exact) mass is 413 g/mol. The highest BCUT2D eigenvalue weighted by atomic mass is 16.1. The standard InChI is InChI=1S/C25H27N5O/c1-5-30-23(22-13-18(3)17(2)12-19(22)4)15-26-25(30)28-24(31)21-9-6-8-20(14-21)16-29-11-7-10-27-29/h6-15H,5,16H2,1-4H3,(H,26,28,31). The molecule has 4 rings (SSSR count). The number of carbonyl (C=O) groups is 1. The number of nitrogens with one attached hydrogen (secondary N) is 1. The first-order valence-corrected chi connectivity index (χ1v) is 10.5. The van der Waals surface area contributed by atoms with Crippen molar-refractivity contribution in [1.29, 1.82) is 0 Å². The quantitative estimate of drug-likeness (QED) is 0.484. The predicted octanol–water partition coefficient (Wildman–Crippen LogP) is 4.99. The van der Waals surface area contributed by atoms with Crippen LogP contribution in [0.4, 0.5) is 5.95 Å². The zero-order valence-electron chi connectivity index (χ0n) is 18.4. The Labute approximate surface area is 182 Å². The molecule has 0 saturated carbocycles. The van der Waals surface area contributed by atoms with E-state index < -0.39 is 0 Å². The van der Waals surface area contributed by atoms with Crippen LogP contribution in [0.3, 0.4) is 0 Å². The Kier molecular flexibility index (Phi) is 5.71. The molecular formula is C25H27N5O. The molecule has 2 heterocycles. The zero-order chi connectivity index (χ0) is 22.0. The summed E-state index contributed by atoms with van der Waals surface area (Å²) in [6.07, 6.45) is 5.49. The molecule has 31 heavy (non-hydrogen) atoms. The van der Waals surface area contributed by atoms with E-state index >= 15 is 0 Å². The average molecular weight is 414 g/mol. The second-order valence-electron chi connectivity index (χ2n) is 7.82. The van der Waals surface area contributed by atoms with Crippen molar-refractivity contribution in [3.63, 3.8) is 0 Å². The molecule has 4 aromatic rings. The Morgan fingerprint density at radius 3 is 2.58 bits per heavy atom. The Morgan fingerprint density at radius 2 is 1.84 bits per heavy atom. The molecule has 2 aromatic carbocycles. The molecule has 158 valence electrons. The lowest BCUT2D eigenvalue weighted by Crippen LogP contribution is -2.16. The Morgan fingerprint density at radius 1 is 1.03 bits per heavy atom. The maximum absolute atomic E-state index is 13.0. The first-order chi connectivity index (χ1) is 15.0. The molecule has 1 N–H and O–H groups in total. The highest BCUT2D eigenvalue weighted by molar-refractivity contribution is 6.03. The summed E-state index contributed by atoms with van der Waals surface area (Å²) in [5.41, 5.74) is 7.46. The van der Waals surface area contributed by atoms with Crippen LogP contribution < -0.4 is 5.32 Å². The Hall–Kier alpha value is -3.67. The van der Waals surface area contributed by atoms with Crippen LogP contribution in [0.5, 0.6) is 0 Å². The molecule has 0 aliphatic heterocycles. The molecular weight excluding hydrogens is 386 g/mol. The van der Waals surface area contributed by atoms with Gasteiger partial charge in [-0.1, -0.05) is 18.2 Å². The minimum absolute atomic E-state index is 0.175. The number of aryl methyl sites for hydroxylation is 3. The number of hydrogen-bond acceptors (Lipinski definition) is 3. The first-order valence-electron chi connectivity index (χ1n) is 10.5. The van der Waals surface area contributed by atoms with E-state index in [9.17, 15) is 4.79 Å². The van der Waals surface area contributed by atoms with Crippen LogP contribution in [0.1, 0.15) is 39.5 Å². The molecule has 0 atom stereocenters. The number of amides is 1. The van der Waals surface area contributed by atoms with E-state index in [1.54, 1.807) is 6.20 Å². The van der Waals surface area contributed by atoms with E-state index in [1.807, 2.05) is 52.0 Å². The van der Waals surface area contributed by atoms with Gasteiger partial charge in [0.05, 0.1) is 18.4 Å². The van der Waals surface area contributed by atoms with Crippen molar-refractivity contribution < 1.29 is 4.79 Å². The van der Waals surface area contributed by atoms with Gasteiger partial charge >= 0.3 is 0 Å². The van der Waals surface area contributed by atoms with Crippen LogP contribution in [0.15, 0.2) is 61.1 Å². The summed E-state index contributed by atoms with van der Waals surface area (Å²) in [5.74, 6) is 0.378. The van der Waals surface area contributed by atoms with Crippen molar-refractivity contribution in [2.45, 2.75) is 40.8 Å². The molecule has 6 nitrogen and oxygen atoms in total. The number of benzene rings is 2. The SMILES string of the molecule is CCn1c(-c2cc(C)c(C)cc2C)cnc1NC(=O)c1cccc(Cn2cccn2)c1. The lowest BCUT2D eigenvalue weighted by molar-refractivity contribution is 0.102. The third-order valence-corrected chi connectivity index (χ3v) is 5.61. The van der Waals surface area contributed by atoms with Gasteiger partial charge < -0.3 is 4.57 Å². The first kappa shape index (κ1) is 20.6. The lowest BCUT2D eigenvalue weighted by Gasteiger charge is -2.14. The number of anilines is 1. The lowest BCUT2D eigenvalue weighted by atomic mass is 9.99. The molecule has 0 radical (unpaired) electrons. The van der Waals surface area contributed by atoms with Gasteiger partial charge in [0.2, 0.25) is 5.95 Å². The number of rotatable bonds is 6. The van der Waals surface area contributed by atoms with Crippen molar-refractivity contribution in [2.24, 2.45) is 0 Å². The minimum Gasteiger partial charge on any atom is -0.310 e. The second-order valence-corrected chi connectivity index (χ2v) is 7.82. The zero-order valence-corrected chi connectivity index (χ0v) is 18.4. The number of hydrogen-bond donors (Lipinski definition) is 1. The molecule has 2 aromatic heterocycles. The van der Waals surface area contributed by atoms with E-state index in [1.165, 1.54) is 16.7 Å². The summed E-state index contributed by atoms with van der Waals surface area (Å²) in [4.78, 5) is 17.5. The van der Waals surface area contributed by atoms with Crippen molar-refractivity contribution in [3.8, 4) is 11.3 Å². The summed E-state index contributed by atoms with van der Waals surface area (Å²) in [7, 11) is 0. The molecule has 0 unspecified atom stereocenters. The van der Waals surface area contributed by atoms with Gasteiger partial charge in [-0.2, -0.15) is 5.10 Å². The van der Waals surface area contributed by atoms with E-state index in [0.29, 0.717) is 24.6 Å². The largest absolute Gasteiger partial charge is 0.310 e. The number of nitrogens with zero attached hydrogens (tertiary/aromatic N) is 4. The van der Waals surface area contributed by atoms with Crippen LogP contribution in [0.2, 0.25) is 0 Å². The molecule has 0 spiro atoms. The third kappa shape index (κ3) is 4.28. The van der Waals surface area contributed by atoms with Crippen LogP contribution >= 0.6 is 0 Å². The van der Waals surface area contributed by atoms with Gasteiger partial charge in [-0.15, -0.1) is 0 Å². The molecule has 0 aliphatic carbocycles. The summed E-state index contributed by atoms with van der Waals surface area (Å²) >= 11 is 0. The van der Waals surface area contributed by atoms with E-state index in [4.69, 9.17) is 0 Å². The van der Waals surface area contributed by atoms with Gasteiger partial charge in [0.1, 0.15) is 0 Å². The summed E-state index contributed by atoms with van der Waals surface area (Å²) in [5, 5.41) is 7.22. The van der Waals surface area contributed by atoms with Crippen molar-refractivity contribution in [1.82, 2.24) is 19.3 Å². The number of aromatic nitrogens is 4. The maximum atomic E-state index is 13.0. The predicted molar refractivity (Wildman–Crippen MR) is 123 cm³/mol. The van der Waals surface area contributed by atoms with E-state index in [-0.39, 0.29) is 5.91 Å². The van der Waals surface area contributed by atoms with Gasteiger partial charge in [-0.05, 0) is 74.2 Å². The van der Waals surface area contributed by atoms with Crippen LogP contribution in [0.25, 0.3) is 11.3 Å². The highest BCUT2D eigenvalue weighted by Crippen LogP contribution is 2.29. The van der Waals surface area contributed by atoms with E-state index in [0.717, 1.165) is 16.8 Å². The van der Waals surface area contributed by atoms with E-state index in [2.05, 4.69) is 55.2 Å². The third-order valence-electron chi connectivity index (χ3n) is 5.61. The van der Waals surface area contributed by atoms with Gasteiger partial charge in [-0.25, -0.2) is 4.98 Å². The summed E-state index contributed by atoms with van der Waals surface area (Å²) < 4.78 is 3.88. The van der Waals surface area contributed by atoms with Crippen molar-refractivity contribution >= 4 is 11.9 Å². The smallest absolute Gasteiger partial charge is 0.257 e. The maximum Gasteiger partial charge on any atom is 0.257 e. The molecule has 6 heteroatoms. The van der Waals surface area contributed by atoms with Gasteiger partial charge in [-0.3, -0.25) is 14.8 Å². The summed E-state index contributed by atoms with van der Waals surface area (Å²) in [6.45, 7) is 9.73. The van der Waals surface area contributed by atoms with Crippen molar-refractivity contribution in [3.05, 3.63) is 88.9 Å². The molecule has 0 bridgehead atoms. The molecule has 0 fully saturated rings. The highest BCUT2D eigenvalue weighted by Gasteiger charge is 2.16. The van der Waals surface area contributed by atoms with Crippen LogP contribution in [-0.4, -0.2) is 25.2 Å². The van der Waals surface area contributed by atoms with Gasteiger partial charge in [0.15, 0.2) is 0 Å². The fourth-order valence-corrected chi connectivity index (χ4v) is 3.81. The molecule has 0 saturated heterocycles. The molecule has 1 amide bonds. The van der Waals surface area contributed by atoms with Crippen LogP contribution in [-0.2, 0) is 13.1 Å². The van der Waals surface area contributed by atoms with Gasteiger partial charge in [0.25, 0.3) is 5.91 Å². The van der Waals surface area contributed by atoms with Gasteiger partial charge in [0, 0.05) is 30.1 Å². The average Bonchev–Trinajstić information content (AvgIpc) is 3.40. The second kappa shape index (κ2) is 8.60. The normalized spacial score (nSPS) is 11.0. The topological polar surface area (TPSA) is 64.7 Å². The Balaban J connectivity index is 1.59. The summed E-state index contributed by atoms with van der Waals surface area (Å²) in [6, 6.07) is 13.9. The Bertz CT molecular complexity index is 1220. The fraction of sp³-hybridized carbons (Fsp3) is 0.240. The fourth-order valence-electron chi connectivity index (χ4n) is 3.81. The molecule has 0 aliphatic rings. The number of carbonyl (C=O) groups excluding carboxylic acids is 1. The van der Waals surface area contributed by atoms with Crippen LogP contribution in [0, 0.1) is 20.8 Å². The van der Waals surface area contributed by atoms with Crippen molar-refractivity contribution in [2.75, 3.05) is 5.32 Å².